The van der Waals surface area contributed by atoms with Crippen molar-refractivity contribution in [3.63, 3.8) is 0 Å². The van der Waals surface area contributed by atoms with Crippen molar-refractivity contribution in [3.8, 4) is 0 Å². The maximum atomic E-state index is 12.0. The van der Waals surface area contributed by atoms with Gasteiger partial charge in [-0.05, 0) is 51.2 Å². The molecule has 0 fully saturated rings. The third-order valence-corrected chi connectivity index (χ3v) is 4.95. The van der Waals surface area contributed by atoms with Crippen LogP contribution in [0.5, 0.6) is 0 Å². The van der Waals surface area contributed by atoms with Crippen LogP contribution in [0.2, 0.25) is 0 Å². The van der Waals surface area contributed by atoms with Crippen molar-refractivity contribution in [2.45, 2.75) is 20.3 Å². The van der Waals surface area contributed by atoms with Gasteiger partial charge >= 0.3 is 0 Å². The molecule has 0 bridgehead atoms. The molecule has 0 aliphatic carbocycles. The van der Waals surface area contributed by atoms with Crippen molar-refractivity contribution in [1.82, 2.24) is 9.21 Å². The molecule has 0 aliphatic heterocycles. The molecular weight excluding hydrogens is 314 g/mol. The number of likely N-dealkylation sites (N-methyl/N-ethyl adjacent to an activating group) is 1. The zero-order valence-corrected chi connectivity index (χ0v) is 15.4. The molecule has 130 valence electrons. The van der Waals surface area contributed by atoms with E-state index in [2.05, 4.69) is 5.32 Å². The number of nitrogens with zero attached hydrogens (tertiary/aromatic N) is 2. The van der Waals surface area contributed by atoms with E-state index in [0.717, 1.165) is 16.8 Å². The van der Waals surface area contributed by atoms with Gasteiger partial charge in [-0.3, -0.25) is 4.79 Å². The second-order valence-corrected chi connectivity index (χ2v) is 8.04. The highest BCUT2D eigenvalue weighted by molar-refractivity contribution is 7.88. The summed E-state index contributed by atoms with van der Waals surface area (Å²) in [6, 6.07) is 5.71. The van der Waals surface area contributed by atoms with Crippen LogP contribution in [0.3, 0.4) is 0 Å². The van der Waals surface area contributed by atoms with Gasteiger partial charge in [-0.25, -0.2) is 12.7 Å². The zero-order chi connectivity index (χ0) is 17.6. The Morgan fingerprint density at radius 3 is 2.26 bits per heavy atom. The van der Waals surface area contributed by atoms with E-state index in [1.54, 1.807) is 0 Å². The predicted octanol–water partition coefficient (Wildman–Crippen LogP) is 1.46. The maximum absolute atomic E-state index is 12.0. The fourth-order valence-electron chi connectivity index (χ4n) is 2.02. The highest BCUT2D eigenvalue weighted by Gasteiger charge is 2.17. The summed E-state index contributed by atoms with van der Waals surface area (Å²) in [5.74, 6) is -0.188. The molecule has 0 atom stereocenters. The van der Waals surface area contributed by atoms with Crippen molar-refractivity contribution in [1.29, 1.82) is 0 Å². The molecule has 23 heavy (non-hydrogen) atoms. The first-order valence-electron chi connectivity index (χ1n) is 7.56. The summed E-state index contributed by atoms with van der Waals surface area (Å²) in [6.45, 7) is 5.17. The molecule has 1 rings (SSSR count). The van der Waals surface area contributed by atoms with Crippen LogP contribution in [0.1, 0.15) is 17.5 Å². The average molecular weight is 341 g/mol. The molecule has 0 aliphatic rings. The molecule has 0 saturated carbocycles. The lowest BCUT2D eigenvalue weighted by Crippen LogP contribution is -2.37. The minimum absolute atomic E-state index is 0.132. The Hall–Kier alpha value is -1.44. The molecular formula is C16H27N3O3S. The number of carbonyl (C=O) groups excluding carboxylic acids is 1. The van der Waals surface area contributed by atoms with Crippen LogP contribution in [-0.4, -0.2) is 63.5 Å². The van der Waals surface area contributed by atoms with E-state index in [9.17, 15) is 13.2 Å². The van der Waals surface area contributed by atoms with E-state index in [1.807, 2.05) is 51.0 Å². The highest BCUT2D eigenvalue weighted by Crippen LogP contribution is 2.14. The van der Waals surface area contributed by atoms with Crippen LogP contribution in [0, 0.1) is 13.8 Å². The Kier molecular flexibility index (Phi) is 7.18. The Morgan fingerprint density at radius 1 is 1.09 bits per heavy atom. The van der Waals surface area contributed by atoms with Gasteiger partial charge < -0.3 is 10.2 Å². The van der Waals surface area contributed by atoms with Gasteiger partial charge in [0.1, 0.15) is 0 Å². The van der Waals surface area contributed by atoms with E-state index in [-0.39, 0.29) is 18.9 Å². The monoisotopic (exact) mass is 341 g/mol. The third-order valence-electron chi connectivity index (χ3n) is 3.64. The van der Waals surface area contributed by atoms with Gasteiger partial charge in [-0.1, -0.05) is 6.07 Å². The average Bonchev–Trinajstić information content (AvgIpc) is 2.41. The van der Waals surface area contributed by atoms with Gasteiger partial charge in [0.2, 0.25) is 15.9 Å². The van der Waals surface area contributed by atoms with Crippen molar-refractivity contribution >= 4 is 21.6 Å². The normalized spacial score (nSPS) is 12.0. The van der Waals surface area contributed by atoms with Gasteiger partial charge in [0.15, 0.2) is 0 Å². The summed E-state index contributed by atoms with van der Waals surface area (Å²) in [5.41, 5.74) is 3.00. The highest BCUT2D eigenvalue weighted by atomic mass is 32.2. The number of hydrogen-bond acceptors (Lipinski definition) is 4. The van der Waals surface area contributed by atoms with Gasteiger partial charge in [0.05, 0.1) is 6.26 Å². The fraction of sp³-hybridized carbons (Fsp3) is 0.562. The molecule has 1 aromatic rings. The lowest BCUT2D eigenvalue weighted by Gasteiger charge is -2.21. The second kappa shape index (κ2) is 8.42. The third kappa shape index (κ3) is 7.11. The second-order valence-electron chi connectivity index (χ2n) is 6.06. The first-order valence-corrected chi connectivity index (χ1v) is 9.41. The van der Waals surface area contributed by atoms with E-state index in [1.165, 1.54) is 10.6 Å². The molecule has 0 heterocycles. The van der Waals surface area contributed by atoms with E-state index in [0.29, 0.717) is 13.1 Å². The lowest BCUT2D eigenvalue weighted by atomic mass is 10.1. The standard InChI is InChI=1S/C16H27N3O3S/c1-13-6-7-15(12-14(13)2)17-16(20)8-9-19(23(5,21)22)11-10-18(3)4/h6-7,12H,8-11H2,1-5H3,(H,17,20). The van der Waals surface area contributed by atoms with Gasteiger partial charge in [-0.15, -0.1) is 0 Å². The number of aryl methyl sites for hydroxylation is 2. The molecule has 7 heteroatoms. The predicted molar refractivity (Wildman–Crippen MR) is 94.1 cm³/mol. The summed E-state index contributed by atoms with van der Waals surface area (Å²) < 4.78 is 24.9. The van der Waals surface area contributed by atoms with Crippen LogP contribution in [0.4, 0.5) is 5.69 Å². The molecule has 0 unspecified atom stereocenters. The van der Waals surface area contributed by atoms with Gasteiger partial charge in [0.25, 0.3) is 0 Å². The number of sulfonamides is 1. The SMILES string of the molecule is Cc1ccc(NC(=O)CCN(CCN(C)C)S(C)(=O)=O)cc1C. The number of rotatable bonds is 8. The Labute approximate surface area is 139 Å². The number of amides is 1. The van der Waals surface area contributed by atoms with Crippen LogP contribution >= 0.6 is 0 Å². The van der Waals surface area contributed by atoms with Gasteiger partial charge in [0, 0.05) is 31.7 Å². The Balaban J connectivity index is 2.59. The van der Waals surface area contributed by atoms with E-state index in [4.69, 9.17) is 0 Å². The first kappa shape index (κ1) is 19.6. The fourth-order valence-corrected chi connectivity index (χ4v) is 2.86. The largest absolute Gasteiger partial charge is 0.326 e. The first-order chi connectivity index (χ1) is 10.6. The van der Waals surface area contributed by atoms with Gasteiger partial charge in [-0.2, -0.15) is 0 Å². The summed E-state index contributed by atoms with van der Waals surface area (Å²) >= 11 is 0. The molecule has 0 saturated heterocycles. The molecule has 1 aromatic carbocycles. The maximum Gasteiger partial charge on any atom is 0.225 e. The topological polar surface area (TPSA) is 69.7 Å². The van der Waals surface area contributed by atoms with Crippen molar-refractivity contribution in [3.05, 3.63) is 29.3 Å². The number of carbonyl (C=O) groups is 1. The zero-order valence-electron chi connectivity index (χ0n) is 14.6. The van der Waals surface area contributed by atoms with Crippen molar-refractivity contribution in [2.75, 3.05) is 45.3 Å². The molecule has 0 spiro atoms. The van der Waals surface area contributed by atoms with Crippen LogP contribution in [-0.2, 0) is 14.8 Å². The number of benzene rings is 1. The van der Waals surface area contributed by atoms with E-state index < -0.39 is 10.0 Å². The van der Waals surface area contributed by atoms with Crippen LogP contribution < -0.4 is 5.32 Å². The van der Waals surface area contributed by atoms with E-state index >= 15 is 0 Å². The summed E-state index contributed by atoms with van der Waals surface area (Å²) in [5, 5.41) is 2.81. The minimum Gasteiger partial charge on any atom is -0.326 e. The number of nitrogens with one attached hydrogen (secondary N) is 1. The minimum atomic E-state index is -3.31. The lowest BCUT2D eigenvalue weighted by molar-refractivity contribution is -0.116. The molecule has 0 radical (unpaired) electrons. The van der Waals surface area contributed by atoms with Crippen LogP contribution in [0.15, 0.2) is 18.2 Å². The summed E-state index contributed by atoms with van der Waals surface area (Å²) in [7, 11) is 0.449. The molecule has 6 nitrogen and oxygen atoms in total. The quantitative estimate of drug-likeness (QED) is 0.777. The Bertz CT molecular complexity index is 642. The summed E-state index contributed by atoms with van der Waals surface area (Å²) in [4.78, 5) is 13.9. The molecule has 1 amide bonds. The Morgan fingerprint density at radius 2 is 1.74 bits per heavy atom. The smallest absolute Gasteiger partial charge is 0.225 e. The number of hydrogen-bond donors (Lipinski definition) is 1. The summed E-state index contributed by atoms with van der Waals surface area (Å²) in [6.07, 6.45) is 1.30. The molecule has 0 aromatic heterocycles. The molecule has 1 N–H and O–H groups in total. The van der Waals surface area contributed by atoms with Crippen molar-refractivity contribution in [2.24, 2.45) is 0 Å². The van der Waals surface area contributed by atoms with Crippen LogP contribution in [0.25, 0.3) is 0 Å². The van der Waals surface area contributed by atoms with Crippen molar-refractivity contribution < 1.29 is 13.2 Å². The number of anilines is 1.